The van der Waals surface area contributed by atoms with E-state index in [0.717, 1.165) is 42.5 Å². The van der Waals surface area contributed by atoms with Crippen molar-refractivity contribution in [3.63, 3.8) is 0 Å². The Morgan fingerprint density at radius 2 is 1.88 bits per heavy atom. The number of fused-ring (bicyclic) bond motifs is 1. The monoisotopic (exact) mass is 253 g/mol. The SMILES string of the molecule is CC(C)c1nc(Cl)c(C(=O)O)c2c1CCCC2. The lowest BCUT2D eigenvalue weighted by Crippen LogP contribution is -2.16. The van der Waals surface area contributed by atoms with Crippen LogP contribution < -0.4 is 0 Å². The molecular formula is C13H16ClNO2. The fraction of sp³-hybridized carbons (Fsp3) is 0.538. The number of carboxylic acids is 1. The second-order valence-electron chi connectivity index (χ2n) is 4.79. The van der Waals surface area contributed by atoms with Crippen molar-refractivity contribution in [3.8, 4) is 0 Å². The van der Waals surface area contributed by atoms with E-state index in [4.69, 9.17) is 11.6 Å². The zero-order chi connectivity index (χ0) is 12.6. The maximum absolute atomic E-state index is 11.3. The minimum absolute atomic E-state index is 0.141. The number of halogens is 1. The third-order valence-corrected chi connectivity index (χ3v) is 3.54. The number of pyridine rings is 1. The number of aromatic nitrogens is 1. The molecule has 1 aliphatic carbocycles. The van der Waals surface area contributed by atoms with Crippen LogP contribution in [0.5, 0.6) is 0 Å². The Labute approximate surface area is 106 Å². The average molecular weight is 254 g/mol. The van der Waals surface area contributed by atoms with Crippen LogP contribution in [0, 0.1) is 0 Å². The molecule has 0 fully saturated rings. The van der Waals surface area contributed by atoms with Gasteiger partial charge in [0.2, 0.25) is 0 Å². The summed E-state index contributed by atoms with van der Waals surface area (Å²) in [6.07, 6.45) is 3.87. The van der Waals surface area contributed by atoms with Crippen molar-refractivity contribution in [2.24, 2.45) is 0 Å². The minimum Gasteiger partial charge on any atom is -0.478 e. The lowest BCUT2D eigenvalue weighted by Gasteiger charge is -2.23. The molecule has 0 amide bonds. The molecule has 0 saturated heterocycles. The fourth-order valence-electron chi connectivity index (χ4n) is 2.51. The minimum atomic E-state index is -0.962. The van der Waals surface area contributed by atoms with Crippen LogP contribution >= 0.6 is 11.6 Å². The van der Waals surface area contributed by atoms with Gasteiger partial charge in [0, 0.05) is 5.69 Å². The first-order valence-electron chi connectivity index (χ1n) is 5.96. The lowest BCUT2D eigenvalue weighted by atomic mass is 9.85. The number of rotatable bonds is 2. The summed E-state index contributed by atoms with van der Waals surface area (Å²) in [6, 6.07) is 0. The van der Waals surface area contributed by atoms with E-state index in [1.165, 1.54) is 0 Å². The van der Waals surface area contributed by atoms with Gasteiger partial charge in [-0.2, -0.15) is 0 Å². The molecule has 0 unspecified atom stereocenters. The van der Waals surface area contributed by atoms with Crippen LogP contribution in [0.3, 0.4) is 0 Å². The highest BCUT2D eigenvalue weighted by Gasteiger charge is 2.25. The van der Waals surface area contributed by atoms with Crippen LogP contribution in [-0.4, -0.2) is 16.1 Å². The van der Waals surface area contributed by atoms with E-state index < -0.39 is 5.97 Å². The van der Waals surface area contributed by atoms with Crippen LogP contribution in [0.15, 0.2) is 0 Å². The molecule has 0 spiro atoms. The largest absolute Gasteiger partial charge is 0.478 e. The topological polar surface area (TPSA) is 50.2 Å². The van der Waals surface area contributed by atoms with E-state index in [1.54, 1.807) is 0 Å². The number of carboxylic acid groups (broad SMARTS) is 1. The van der Waals surface area contributed by atoms with Gasteiger partial charge >= 0.3 is 5.97 Å². The molecule has 0 radical (unpaired) electrons. The number of aromatic carboxylic acids is 1. The molecule has 0 bridgehead atoms. The predicted molar refractivity (Wildman–Crippen MR) is 66.9 cm³/mol. The van der Waals surface area contributed by atoms with E-state index in [1.807, 2.05) is 0 Å². The van der Waals surface area contributed by atoms with Crippen LogP contribution in [0.4, 0.5) is 0 Å². The van der Waals surface area contributed by atoms with E-state index in [2.05, 4.69) is 18.8 Å². The predicted octanol–water partition coefficient (Wildman–Crippen LogP) is 3.44. The van der Waals surface area contributed by atoms with Crippen LogP contribution in [0.2, 0.25) is 5.15 Å². The first-order chi connectivity index (χ1) is 8.02. The second kappa shape index (κ2) is 4.65. The third-order valence-electron chi connectivity index (χ3n) is 3.26. The second-order valence-corrected chi connectivity index (χ2v) is 5.14. The molecule has 0 aromatic carbocycles. The summed E-state index contributed by atoms with van der Waals surface area (Å²) in [7, 11) is 0. The van der Waals surface area contributed by atoms with Crippen molar-refractivity contribution in [1.29, 1.82) is 0 Å². The fourth-order valence-corrected chi connectivity index (χ4v) is 2.80. The van der Waals surface area contributed by atoms with Gasteiger partial charge in [0.1, 0.15) is 10.7 Å². The van der Waals surface area contributed by atoms with E-state index >= 15 is 0 Å². The van der Waals surface area contributed by atoms with Gasteiger partial charge in [-0.25, -0.2) is 9.78 Å². The first kappa shape index (κ1) is 12.4. The molecule has 0 atom stereocenters. The maximum atomic E-state index is 11.3. The standard InChI is InChI=1S/C13H16ClNO2/c1-7(2)11-9-6-4-3-5-8(9)10(13(16)17)12(14)15-11/h7H,3-6H2,1-2H3,(H,16,17). The Morgan fingerprint density at radius 3 is 2.41 bits per heavy atom. The number of hydrogen-bond acceptors (Lipinski definition) is 2. The van der Waals surface area contributed by atoms with Gasteiger partial charge in [-0.05, 0) is 42.7 Å². The van der Waals surface area contributed by atoms with Crippen molar-refractivity contribution in [2.45, 2.75) is 45.4 Å². The summed E-state index contributed by atoms with van der Waals surface area (Å²) < 4.78 is 0. The highest BCUT2D eigenvalue weighted by atomic mass is 35.5. The average Bonchev–Trinajstić information content (AvgIpc) is 2.27. The van der Waals surface area contributed by atoms with Gasteiger partial charge in [-0.1, -0.05) is 25.4 Å². The van der Waals surface area contributed by atoms with Crippen molar-refractivity contribution >= 4 is 17.6 Å². The Balaban J connectivity index is 2.69. The van der Waals surface area contributed by atoms with Crippen molar-refractivity contribution < 1.29 is 9.90 Å². The Kier molecular flexibility index (Phi) is 3.38. The summed E-state index contributed by atoms with van der Waals surface area (Å²) in [4.78, 5) is 15.5. The zero-order valence-corrected chi connectivity index (χ0v) is 10.8. The molecule has 92 valence electrons. The Morgan fingerprint density at radius 1 is 1.29 bits per heavy atom. The molecule has 1 aliphatic rings. The highest BCUT2D eigenvalue weighted by molar-refractivity contribution is 6.32. The summed E-state index contributed by atoms with van der Waals surface area (Å²) in [5.74, 6) is -0.682. The van der Waals surface area contributed by atoms with Crippen LogP contribution in [0.25, 0.3) is 0 Å². The summed E-state index contributed by atoms with van der Waals surface area (Å²) in [6.45, 7) is 4.13. The molecule has 1 aromatic rings. The first-order valence-corrected chi connectivity index (χ1v) is 6.34. The van der Waals surface area contributed by atoms with Crippen molar-refractivity contribution in [1.82, 2.24) is 4.98 Å². The zero-order valence-electron chi connectivity index (χ0n) is 10.1. The van der Waals surface area contributed by atoms with E-state index in [9.17, 15) is 9.90 Å². The molecule has 1 heterocycles. The molecule has 1 aromatic heterocycles. The quantitative estimate of drug-likeness (QED) is 0.822. The number of carbonyl (C=O) groups is 1. The van der Waals surface area contributed by atoms with E-state index in [0.29, 0.717) is 0 Å². The van der Waals surface area contributed by atoms with Crippen LogP contribution in [0.1, 0.15) is 59.8 Å². The van der Waals surface area contributed by atoms with Gasteiger partial charge in [-0.15, -0.1) is 0 Å². The number of nitrogens with zero attached hydrogens (tertiary/aromatic N) is 1. The molecule has 1 N–H and O–H groups in total. The molecule has 4 heteroatoms. The van der Waals surface area contributed by atoms with Gasteiger partial charge in [0.25, 0.3) is 0 Å². The maximum Gasteiger partial charge on any atom is 0.339 e. The molecule has 0 aliphatic heterocycles. The van der Waals surface area contributed by atoms with E-state index in [-0.39, 0.29) is 16.6 Å². The lowest BCUT2D eigenvalue weighted by molar-refractivity contribution is 0.0695. The highest BCUT2D eigenvalue weighted by Crippen LogP contribution is 2.33. The van der Waals surface area contributed by atoms with Crippen molar-refractivity contribution in [2.75, 3.05) is 0 Å². The van der Waals surface area contributed by atoms with Gasteiger partial charge in [0.15, 0.2) is 0 Å². The van der Waals surface area contributed by atoms with Gasteiger partial charge in [-0.3, -0.25) is 0 Å². The number of hydrogen-bond donors (Lipinski definition) is 1. The molecule has 3 nitrogen and oxygen atoms in total. The molecule has 17 heavy (non-hydrogen) atoms. The Bertz CT molecular complexity index is 469. The van der Waals surface area contributed by atoms with Crippen molar-refractivity contribution in [3.05, 3.63) is 27.5 Å². The van der Waals surface area contributed by atoms with Gasteiger partial charge in [0.05, 0.1) is 0 Å². The molecule has 0 saturated carbocycles. The summed E-state index contributed by atoms with van der Waals surface area (Å²) in [5, 5.41) is 9.37. The van der Waals surface area contributed by atoms with Gasteiger partial charge < -0.3 is 5.11 Å². The third kappa shape index (κ3) is 2.16. The summed E-state index contributed by atoms with van der Waals surface area (Å²) >= 11 is 6.01. The van der Waals surface area contributed by atoms with Crippen LogP contribution in [-0.2, 0) is 12.8 Å². The Hall–Kier alpha value is -1.09. The smallest absolute Gasteiger partial charge is 0.339 e. The normalized spacial score (nSPS) is 14.8. The molecule has 2 rings (SSSR count). The molecular weight excluding hydrogens is 238 g/mol. The summed E-state index contributed by atoms with van der Waals surface area (Å²) in [5.41, 5.74) is 3.21.